The van der Waals surface area contributed by atoms with Crippen LogP contribution in [0.5, 0.6) is 0 Å². The van der Waals surface area contributed by atoms with Crippen molar-refractivity contribution >= 4 is 29.3 Å². The fourth-order valence-corrected chi connectivity index (χ4v) is 2.46. The summed E-state index contributed by atoms with van der Waals surface area (Å²) in [5.41, 5.74) is 0. The molecule has 1 unspecified atom stereocenters. The van der Waals surface area contributed by atoms with Crippen LogP contribution in [0.1, 0.15) is 65.8 Å². The molecule has 0 aliphatic rings. The number of thiazole rings is 1. The number of hydrogen-bond acceptors (Lipinski definition) is 8. The summed E-state index contributed by atoms with van der Waals surface area (Å²) in [4.78, 5) is 7.78. The van der Waals surface area contributed by atoms with Crippen LogP contribution in [0.4, 0.5) is 8.78 Å². The van der Waals surface area contributed by atoms with Crippen molar-refractivity contribution in [3.05, 3.63) is 41.5 Å². The van der Waals surface area contributed by atoms with Crippen LogP contribution in [0.2, 0.25) is 0 Å². The van der Waals surface area contributed by atoms with Crippen molar-refractivity contribution in [1.82, 2.24) is 19.5 Å². The third-order valence-corrected chi connectivity index (χ3v) is 4.20. The molecule has 2 heterocycles. The Morgan fingerprint density at radius 1 is 1.22 bits per heavy atom. The third-order valence-electron chi connectivity index (χ3n) is 2.59. The molecule has 0 fully saturated rings. The molecule has 0 aliphatic heterocycles. The predicted octanol–water partition coefficient (Wildman–Crippen LogP) is 6.21. The zero-order valence-corrected chi connectivity index (χ0v) is 21.5. The zero-order valence-electron chi connectivity index (χ0n) is 19.9. The Morgan fingerprint density at radius 2 is 1.78 bits per heavy atom. The first-order valence-electron chi connectivity index (χ1n) is 9.82. The predicted molar refractivity (Wildman–Crippen MR) is 128 cm³/mol. The Labute approximate surface area is 196 Å². The van der Waals surface area contributed by atoms with Gasteiger partial charge in [-0.05, 0) is 34.5 Å². The number of aromatic nitrogens is 3. The summed E-state index contributed by atoms with van der Waals surface area (Å²) >= 11 is -1.26. The SMILES string of the molecule is C/C=C\C.C=N/C=C\C.CC.CC.CN(Cc1ncc(-c2nnc(C(F)F)o2)s1)S(=O)[O-]. The fourth-order valence-electron chi connectivity index (χ4n) is 1.25. The Bertz CT molecular complexity index is 777. The van der Waals surface area contributed by atoms with Crippen LogP contribution in [-0.2, 0) is 17.8 Å². The van der Waals surface area contributed by atoms with Gasteiger partial charge in [0.05, 0.1) is 12.7 Å². The second kappa shape index (κ2) is 23.5. The monoisotopic (exact) mass is 494 g/mol. The van der Waals surface area contributed by atoms with Gasteiger partial charge in [0.1, 0.15) is 9.88 Å². The van der Waals surface area contributed by atoms with Gasteiger partial charge in [-0.1, -0.05) is 45.9 Å². The average Bonchev–Trinajstić information content (AvgIpc) is 3.47. The lowest BCUT2D eigenvalue weighted by molar-refractivity contribution is 0.116. The van der Waals surface area contributed by atoms with E-state index in [0.29, 0.717) is 9.88 Å². The van der Waals surface area contributed by atoms with Gasteiger partial charge < -0.3 is 8.97 Å². The maximum absolute atomic E-state index is 12.3. The lowest BCUT2D eigenvalue weighted by atomic mass is 10.5. The summed E-state index contributed by atoms with van der Waals surface area (Å²) in [6.45, 7) is 17.2. The molecule has 0 bridgehead atoms. The van der Waals surface area contributed by atoms with Crippen molar-refractivity contribution in [2.45, 2.75) is 61.4 Å². The second-order valence-corrected chi connectivity index (χ2v) is 6.87. The van der Waals surface area contributed by atoms with Crippen LogP contribution in [0.25, 0.3) is 10.8 Å². The molecule has 0 amide bonds. The van der Waals surface area contributed by atoms with Crippen LogP contribution >= 0.6 is 11.3 Å². The van der Waals surface area contributed by atoms with E-state index in [9.17, 15) is 17.5 Å². The van der Waals surface area contributed by atoms with E-state index in [0.717, 1.165) is 15.6 Å². The molecule has 8 nitrogen and oxygen atoms in total. The van der Waals surface area contributed by atoms with Gasteiger partial charge >= 0.3 is 6.43 Å². The lowest BCUT2D eigenvalue weighted by Gasteiger charge is -2.16. The van der Waals surface area contributed by atoms with E-state index in [4.69, 9.17) is 4.42 Å². The molecule has 1 atom stereocenters. The third kappa shape index (κ3) is 16.5. The molecule has 184 valence electrons. The Morgan fingerprint density at radius 3 is 2.12 bits per heavy atom. The van der Waals surface area contributed by atoms with Gasteiger partial charge in [-0.15, -0.1) is 21.5 Å². The second-order valence-electron chi connectivity index (χ2n) is 4.70. The van der Waals surface area contributed by atoms with Gasteiger partial charge in [0.2, 0.25) is 0 Å². The summed E-state index contributed by atoms with van der Waals surface area (Å²) in [6.07, 6.45) is 6.00. The normalized spacial score (nSPS) is 10.9. The van der Waals surface area contributed by atoms with Crippen molar-refractivity contribution < 1.29 is 22.0 Å². The molecular formula is C20H34F2N5O3S2-. The van der Waals surface area contributed by atoms with E-state index >= 15 is 0 Å². The van der Waals surface area contributed by atoms with Crippen molar-refractivity contribution in [3.63, 3.8) is 0 Å². The number of allylic oxidation sites excluding steroid dienone is 3. The van der Waals surface area contributed by atoms with Crippen LogP contribution in [0, 0.1) is 0 Å². The summed E-state index contributed by atoms with van der Waals surface area (Å²) in [5.74, 6) is -0.826. The van der Waals surface area contributed by atoms with Gasteiger partial charge in [-0.3, -0.25) is 9.20 Å². The van der Waals surface area contributed by atoms with Crippen molar-refractivity contribution in [2.24, 2.45) is 4.99 Å². The van der Waals surface area contributed by atoms with E-state index in [-0.39, 0.29) is 12.4 Å². The summed E-state index contributed by atoms with van der Waals surface area (Å²) in [5, 5.41) is 7.15. The molecule has 12 heteroatoms. The highest BCUT2D eigenvalue weighted by molar-refractivity contribution is 7.76. The summed E-state index contributed by atoms with van der Waals surface area (Å²) < 4.78 is 51.6. The average molecular weight is 495 g/mol. The highest BCUT2D eigenvalue weighted by Crippen LogP contribution is 2.28. The van der Waals surface area contributed by atoms with E-state index in [1.165, 1.54) is 13.2 Å². The van der Waals surface area contributed by atoms with Crippen molar-refractivity contribution in [1.29, 1.82) is 0 Å². The van der Waals surface area contributed by atoms with Crippen molar-refractivity contribution in [2.75, 3.05) is 7.05 Å². The minimum atomic E-state index is -2.83. The van der Waals surface area contributed by atoms with Crippen LogP contribution in [0.3, 0.4) is 0 Å². The fraction of sp³-hybridized carbons (Fsp3) is 0.500. The van der Waals surface area contributed by atoms with Crippen LogP contribution < -0.4 is 0 Å². The Kier molecular flexibility index (Phi) is 25.3. The first-order valence-corrected chi connectivity index (χ1v) is 11.7. The van der Waals surface area contributed by atoms with E-state index < -0.39 is 23.6 Å². The molecule has 0 saturated heterocycles. The molecule has 32 heavy (non-hydrogen) atoms. The van der Waals surface area contributed by atoms with Gasteiger partial charge in [0, 0.05) is 17.5 Å². The van der Waals surface area contributed by atoms with Gasteiger partial charge in [-0.25, -0.2) is 9.29 Å². The molecule has 0 saturated carbocycles. The smallest absolute Gasteiger partial charge is 0.314 e. The lowest BCUT2D eigenvalue weighted by Crippen LogP contribution is -2.19. The molecule has 0 spiro atoms. The first kappa shape index (κ1) is 34.5. The number of nitrogens with zero attached hydrogens (tertiary/aromatic N) is 5. The molecule has 0 aliphatic carbocycles. The summed E-state index contributed by atoms with van der Waals surface area (Å²) in [7, 11) is 1.38. The Hall–Kier alpha value is -2.15. The zero-order chi connectivity index (χ0) is 25.5. The largest absolute Gasteiger partial charge is 0.760 e. The topological polar surface area (TPSA) is 108 Å². The molecule has 0 radical (unpaired) electrons. The highest BCUT2D eigenvalue weighted by atomic mass is 32.2. The minimum Gasteiger partial charge on any atom is -0.760 e. The van der Waals surface area contributed by atoms with E-state index in [1.807, 2.05) is 66.7 Å². The number of rotatable bonds is 6. The number of hydrogen-bond donors (Lipinski definition) is 0. The van der Waals surface area contributed by atoms with Gasteiger partial charge in [0.25, 0.3) is 11.8 Å². The molecular weight excluding hydrogens is 460 g/mol. The molecule has 2 aromatic rings. The number of aliphatic imine (C=N–C) groups is 1. The van der Waals surface area contributed by atoms with Gasteiger partial charge in [-0.2, -0.15) is 8.78 Å². The van der Waals surface area contributed by atoms with E-state index in [1.54, 1.807) is 6.20 Å². The van der Waals surface area contributed by atoms with Crippen LogP contribution in [-0.4, -0.2) is 42.0 Å². The van der Waals surface area contributed by atoms with Gasteiger partial charge in [0.15, 0.2) is 0 Å². The summed E-state index contributed by atoms with van der Waals surface area (Å²) in [6, 6.07) is 0. The number of alkyl halides is 2. The minimum absolute atomic E-state index is 0.0649. The molecule has 0 N–H and O–H groups in total. The number of halogens is 2. The molecule has 0 aromatic carbocycles. The standard InChI is InChI=1S/C8H8F2N4O3S2.C4H7N.C4H8.2C2H6/c1-14(19(15)16)3-5-11-2-4(18-5)7-12-13-8(17-7)6(9)10;1-3-4-5-2;1-3-4-2;2*1-2/h2,6H,3H2,1H3,(H,15,16);3-4H,2H2,1H3;3-4H,1-2H3;2*1-2H3/p-1/b;2*4-3-;;. The molecule has 2 aromatic heterocycles. The maximum atomic E-state index is 12.3. The van der Waals surface area contributed by atoms with Crippen molar-refractivity contribution in [3.8, 4) is 10.8 Å². The first-order chi connectivity index (χ1) is 15.3. The van der Waals surface area contributed by atoms with Crippen LogP contribution in [0.15, 0.2) is 40.0 Å². The highest BCUT2D eigenvalue weighted by Gasteiger charge is 2.18. The Balaban J connectivity index is -0.000000540. The maximum Gasteiger partial charge on any atom is 0.314 e. The van der Waals surface area contributed by atoms with E-state index in [2.05, 4.69) is 26.9 Å². The quantitative estimate of drug-likeness (QED) is 0.268. The molecule has 2 rings (SSSR count).